The van der Waals surface area contributed by atoms with E-state index in [1.165, 1.54) is 16.8 Å². The summed E-state index contributed by atoms with van der Waals surface area (Å²) in [6.45, 7) is 3.73. The second-order valence-corrected chi connectivity index (χ2v) is 5.31. The molecule has 116 valence electrons. The molecule has 1 aliphatic heterocycles. The number of carbonyl (C=O) groups excluding carboxylic acids is 1. The lowest BCUT2D eigenvalue weighted by Gasteiger charge is -2.07. The van der Waals surface area contributed by atoms with E-state index in [1.54, 1.807) is 19.1 Å². The Balaban J connectivity index is 1.70. The Morgan fingerprint density at radius 2 is 2.23 bits per heavy atom. The van der Waals surface area contributed by atoms with Gasteiger partial charge in [0.15, 0.2) is 0 Å². The smallest absolute Gasteiger partial charge is 0.290 e. The molecule has 1 atom stereocenters. The maximum Gasteiger partial charge on any atom is 0.290 e. The maximum absolute atomic E-state index is 13.0. The minimum atomic E-state index is -0.321. The molecule has 1 saturated heterocycles. The van der Waals surface area contributed by atoms with E-state index in [1.807, 2.05) is 0 Å². The van der Waals surface area contributed by atoms with E-state index in [0.717, 1.165) is 13.0 Å². The van der Waals surface area contributed by atoms with Crippen LogP contribution in [-0.4, -0.2) is 40.4 Å². The van der Waals surface area contributed by atoms with E-state index in [2.05, 4.69) is 15.4 Å². The third-order valence-electron chi connectivity index (χ3n) is 3.62. The van der Waals surface area contributed by atoms with Gasteiger partial charge >= 0.3 is 0 Å². The molecule has 0 radical (unpaired) electrons. The normalized spacial score (nSPS) is 17.6. The van der Waals surface area contributed by atoms with Crippen molar-refractivity contribution in [3.05, 3.63) is 41.7 Å². The number of hydrogen-bond donors (Lipinski definition) is 1. The minimum absolute atomic E-state index is 0.112. The molecule has 1 fully saturated rings. The zero-order chi connectivity index (χ0) is 15.5. The maximum atomic E-state index is 13.0. The van der Waals surface area contributed by atoms with Gasteiger partial charge in [-0.1, -0.05) is 0 Å². The number of benzene rings is 1. The fourth-order valence-corrected chi connectivity index (χ4v) is 2.37. The first-order valence-electron chi connectivity index (χ1n) is 7.19. The van der Waals surface area contributed by atoms with E-state index in [0.29, 0.717) is 30.6 Å². The molecule has 6 nitrogen and oxygen atoms in total. The average molecular weight is 304 g/mol. The quantitative estimate of drug-likeness (QED) is 0.929. The molecule has 1 N–H and O–H groups in total. The SMILES string of the molecule is Cc1nc(C(=O)NC[C@H]2CCOC2)nn1-c1ccc(F)cc1. The monoisotopic (exact) mass is 304 g/mol. The molecular weight excluding hydrogens is 287 g/mol. The number of aryl methyl sites for hydroxylation is 1. The van der Waals surface area contributed by atoms with Gasteiger partial charge in [-0.25, -0.2) is 14.1 Å². The van der Waals surface area contributed by atoms with Crippen molar-refractivity contribution in [1.82, 2.24) is 20.1 Å². The Kier molecular flexibility index (Phi) is 4.15. The van der Waals surface area contributed by atoms with Crippen molar-refractivity contribution >= 4 is 5.91 Å². The number of nitrogens with one attached hydrogen (secondary N) is 1. The molecular formula is C15H17FN4O2. The number of rotatable bonds is 4. The van der Waals surface area contributed by atoms with Crippen LogP contribution >= 0.6 is 0 Å². The van der Waals surface area contributed by atoms with Crippen LogP contribution in [0.1, 0.15) is 22.9 Å². The van der Waals surface area contributed by atoms with Gasteiger partial charge < -0.3 is 10.1 Å². The first kappa shape index (κ1) is 14.6. The highest BCUT2D eigenvalue weighted by Crippen LogP contribution is 2.12. The third-order valence-corrected chi connectivity index (χ3v) is 3.62. The Morgan fingerprint density at radius 1 is 1.45 bits per heavy atom. The summed E-state index contributed by atoms with van der Waals surface area (Å²) in [5.74, 6) is 0.403. The number of ether oxygens (including phenoxy) is 1. The number of aromatic nitrogens is 3. The highest BCUT2D eigenvalue weighted by molar-refractivity contribution is 5.90. The van der Waals surface area contributed by atoms with Gasteiger partial charge in [-0.2, -0.15) is 0 Å². The van der Waals surface area contributed by atoms with Crippen molar-refractivity contribution in [2.24, 2.45) is 5.92 Å². The van der Waals surface area contributed by atoms with Crippen molar-refractivity contribution in [3.63, 3.8) is 0 Å². The molecule has 1 aromatic carbocycles. The molecule has 1 aliphatic rings. The summed E-state index contributed by atoms with van der Waals surface area (Å²) in [7, 11) is 0. The van der Waals surface area contributed by atoms with Crippen molar-refractivity contribution in [3.8, 4) is 5.69 Å². The first-order chi connectivity index (χ1) is 10.6. The predicted octanol–water partition coefficient (Wildman–Crippen LogP) is 1.48. The zero-order valence-electron chi connectivity index (χ0n) is 12.3. The summed E-state index contributed by atoms with van der Waals surface area (Å²) in [5, 5.41) is 7.02. The van der Waals surface area contributed by atoms with E-state index in [-0.39, 0.29) is 17.5 Å². The lowest BCUT2D eigenvalue weighted by Crippen LogP contribution is -2.30. The molecule has 22 heavy (non-hydrogen) atoms. The number of carbonyl (C=O) groups is 1. The number of halogens is 1. The zero-order valence-corrected chi connectivity index (χ0v) is 12.3. The Bertz CT molecular complexity index is 663. The third kappa shape index (κ3) is 3.14. The van der Waals surface area contributed by atoms with Crippen LogP contribution < -0.4 is 5.32 Å². The molecule has 0 spiro atoms. The van der Waals surface area contributed by atoms with Crippen LogP contribution in [0.4, 0.5) is 4.39 Å². The van der Waals surface area contributed by atoms with Gasteiger partial charge in [0.2, 0.25) is 5.82 Å². The molecule has 0 aliphatic carbocycles. The van der Waals surface area contributed by atoms with Gasteiger partial charge in [-0.05, 0) is 37.6 Å². The second-order valence-electron chi connectivity index (χ2n) is 5.31. The fraction of sp³-hybridized carbons (Fsp3) is 0.400. The highest BCUT2D eigenvalue weighted by Gasteiger charge is 2.19. The minimum Gasteiger partial charge on any atom is -0.381 e. The van der Waals surface area contributed by atoms with Crippen molar-refractivity contribution in [1.29, 1.82) is 0 Å². The van der Waals surface area contributed by atoms with E-state index < -0.39 is 0 Å². The number of hydrogen-bond acceptors (Lipinski definition) is 4. The van der Waals surface area contributed by atoms with Gasteiger partial charge in [-0.15, -0.1) is 5.10 Å². The van der Waals surface area contributed by atoms with Gasteiger partial charge in [0.05, 0.1) is 12.3 Å². The van der Waals surface area contributed by atoms with Crippen LogP contribution in [0, 0.1) is 18.7 Å². The van der Waals surface area contributed by atoms with Gasteiger partial charge in [0.1, 0.15) is 11.6 Å². The number of amides is 1. The van der Waals surface area contributed by atoms with Gasteiger partial charge in [0, 0.05) is 19.1 Å². The molecule has 0 saturated carbocycles. The van der Waals surface area contributed by atoms with E-state index >= 15 is 0 Å². The summed E-state index contributed by atoms with van der Waals surface area (Å²) in [6.07, 6.45) is 0.955. The first-order valence-corrected chi connectivity index (χ1v) is 7.19. The highest BCUT2D eigenvalue weighted by atomic mass is 19.1. The molecule has 2 heterocycles. The van der Waals surface area contributed by atoms with Crippen LogP contribution in [0.15, 0.2) is 24.3 Å². The van der Waals surface area contributed by atoms with Crippen LogP contribution in [0.25, 0.3) is 5.69 Å². The van der Waals surface area contributed by atoms with Crippen LogP contribution in [0.5, 0.6) is 0 Å². The second kappa shape index (κ2) is 6.23. The molecule has 2 aromatic rings. The van der Waals surface area contributed by atoms with Crippen molar-refractivity contribution in [2.75, 3.05) is 19.8 Å². The van der Waals surface area contributed by atoms with Crippen LogP contribution in [-0.2, 0) is 4.74 Å². The summed E-state index contributed by atoms with van der Waals surface area (Å²) < 4.78 is 19.8. The van der Waals surface area contributed by atoms with E-state index in [9.17, 15) is 9.18 Å². The predicted molar refractivity (Wildman–Crippen MR) is 77.3 cm³/mol. The molecule has 3 rings (SSSR count). The Hall–Kier alpha value is -2.28. The largest absolute Gasteiger partial charge is 0.381 e. The molecule has 0 unspecified atom stereocenters. The van der Waals surface area contributed by atoms with E-state index in [4.69, 9.17) is 4.74 Å². The Labute approximate surface area is 127 Å². The molecule has 1 amide bonds. The average Bonchev–Trinajstić information content (AvgIpc) is 3.15. The van der Waals surface area contributed by atoms with Crippen molar-refractivity contribution in [2.45, 2.75) is 13.3 Å². The summed E-state index contributed by atoms with van der Waals surface area (Å²) >= 11 is 0. The summed E-state index contributed by atoms with van der Waals surface area (Å²) in [5.41, 5.74) is 0.662. The lowest BCUT2D eigenvalue weighted by atomic mass is 10.1. The lowest BCUT2D eigenvalue weighted by molar-refractivity contribution is 0.0934. The molecule has 0 bridgehead atoms. The van der Waals surface area contributed by atoms with Crippen molar-refractivity contribution < 1.29 is 13.9 Å². The summed E-state index contributed by atoms with van der Waals surface area (Å²) in [4.78, 5) is 16.3. The summed E-state index contributed by atoms with van der Waals surface area (Å²) in [6, 6.07) is 5.87. The fourth-order valence-electron chi connectivity index (χ4n) is 2.37. The van der Waals surface area contributed by atoms with Crippen LogP contribution in [0.2, 0.25) is 0 Å². The Morgan fingerprint density at radius 3 is 2.91 bits per heavy atom. The van der Waals surface area contributed by atoms with Gasteiger partial charge in [-0.3, -0.25) is 4.79 Å². The standard InChI is InChI=1S/C15H17FN4O2/c1-10-18-14(15(21)17-8-11-6-7-22-9-11)19-20(10)13-4-2-12(16)3-5-13/h2-5,11H,6-9H2,1H3,(H,17,21)/t11-/m1/s1. The molecule has 1 aromatic heterocycles. The molecule has 7 heteroatoms. The van der Waals surface area contributed by atoms with Crippen LogP contribution in [0.3, 0.4) is 0 Å². The number of nitrogens with zero attached hydrogens (tertiary/aromatic N) is 3. The topological polar surface area (TPSA) is 69.0 Å². The van der Waals surface area contributed by atoms with Gasteiger partial charge in [0.25, 0.3) is 5.91 Å².